The second-order valence-corrected chi connectivity index (χ2v) is 27.8. The largest absolute Gasteiger partial charge is 0.466 e. The van der Waals surface area contributed by atoms with Gasteiger partial charge in [0, 0.05) is 12.8 Å². The molecule has 0 bridgehead atoms. The second kappa shape index (κ2) is 76.1. The minimum Gasteiger partial charge on any atom is -0.466 e. The SMILES string of the molecule is CCCCCCCCCCCCC/C=C/C(O)C(CO)NC(=O)CCCCCCCCCCCCCCCCCCCCCCCCCCCCCCCCCCCCCCCCCOC(=O)CCCCCCCCCCCCCCCCCCC. The predicted molar refractivity (Wildman–Crippen MR) is 380 cm³/mol. The van der Waals surface area contributed by atoms with Gasteiger partial charge in [-0.15, -0.1) is 0 Å². The number of aliphatic hydroxyl groups excluding tert-OH is 2. The maximum absolute atomic E-state index is 12.5. The molecule has 0 saturated carbocycles. The topological polar surface area (TPSA) is 95.9 Å². The van der Waals surface area contributed by atoms with Crippen molar-refractivity contribution < 1.29 is 24.5 Å². The molecular formula is C80H157NO5. The third-order valence-corrected chi connectivity index (χ3v) is 19.1. The molecule has 2 atom stereocenters. The Morgan fingerprint density at radius 2 is 0.535 bits per heavy atom. The van der Waals surface area contributed by atoms with E-state index in [2.05, 4.69) is 19.2 Å². The molecule has 0 fully saturated rings. The number of nitrogens with one attached hydrogen (secondary N) is 1. The van der Waals surface area contributed by atoms with E-state index in [1.807, 2.05) is 6.08 Å². The van der Waals surface area contributed by atoms with E-state index in [4.69, 9.17) is 4.74 Å². The van der Waals surface area contributed by atoms with Crippen molar-refractivity contribution in [2.45, 2.75) is 475 Å². The normalized spacial score (nSPS) is 12.5. The first-order valence-electron chi connectivity index (χ1n) is 40.0. The average Bonchev–Trinajstić information content (AvgIpc) is 3.60. The monoisotopic (exact) mass is 1210 g/mol. The van der Waals surface area contributed by atoms with Crippen LogP contribution in [0.15, 0.2) is 12.2 Å². The highest BCUT2D eigenvalue weighted by atomic mass is 16.5. The van der Waals surface area contributed by atoms with Crippen LogP contribution in [0.2, 0.25) is 0 Å². The first kappa shape index (κ1) is 84.6. The van der Waals surface area contributed by atoms with Crippen molar-refractivity contribution in [2.24, 2.45) is 0 Å². The molecule has 0 saturated heterocycles. The third kappa shape index (κ3) is 71.7. The Balaban J connectivity index is 3.27. The Morgan fingerprint density at radius 1 is 0.314 bits per heavy atom. The lowest BCUT2D eigenvalue weighted by Gasteiger charge is -2.20. The van der Waals surface area contributed by atoms with Gasteiger partial charge < -0.3 is 20.3 Å². The maximum Gasteiger partial charge on any atom is 0.305 e. The summed E-state index contributed by atoms with van der Waals surface area (Å²) in [7, 11) is 0. The first-order chi connectivity index (χ1) is 42.5. The van der Waals surface area contributed by atoms with Gasteiger partial charge in [-0.25, -0.2) is 0 Å². The fourth-order valence-electron chi connectivity index (χ4n) is 13.0. The van der Waals surface area contributed by atoms with Gasteiger partial charge in [-0.05, 0) is 32.1 Å². The highest BCUT2D eigenvalue weighted by Crippen LogP contribution is 2.20. The van der Waals surface area contributed by atoms with E-state index in [0.717, 1.165) is 38.5 Å². The summed E-state index contributed by atoms with van der Waals surface area (Å²) >= 11 is 0. The van der Waals surface area contributed by atoms with E-state index in [-0.39, 0.29) is 18.5 Å². The zero-order valence-corrected chi connectivity index (χ0v) is 58.8. The molecule has 0 aromatic heterocycles. The van der Waals surface area contributed by atoms with Crippen molar-refractivity contribution >= 4 is 11.9 Å². The van der Waals surface area contributed by atoms with E-state index < -0.39 is 12.1 Å². The molecule has 0 heterocycles. The van der Waals surface area contributed by atoms with Crippen LogP contribution < -0.4 is 5.32 Å². The fourth-order valence-corrected chi connectivity index (χ4v) is 13.0. The molecule has 86 heavy (non-hydrogen) atoms. The Morgan fingerprint density at radius 3 is 0.791 bits per heavy atom. The molecule has 2 unspecified atom stereocenters. The van der Waals surface area contributed by atoms with Crippen LogP contribution >= 0.6 is 0 Å². The molecule has 0 aliphatic rings. The van der Waals surface area contributed by atoms with E-state index in [1.165, 1.54) is 398 Å². The van der Waals surface area contributed by atoms with Crippen LogP contribution in [0.5, 0.6) is 0 Å². The number of carbonyl (C=O) groups excluding carboxylic acids is 2. The van der Waals surface area contributed by atoms with Gasteiger partial charge in [0.15, 0.2) is 0 Å². The van der Waals surface area contributed by atoms with Gasteiger partial charge in [0.25, 0.3) is 0 Å². The van der Waals surface area contributed by atoms with E-state index >= 15 is 0 Å². The number of rotatable bonds is 76. The number of ether oxygens (including phenoxy) is 1. The predicted octanol–water partition coefficient (Wildman–Crippen LogP) is 26.3. The minimum absolute atomic E-state index is 0.0290. The smallest absolute Gasteiger partial charge is 0.305 e. The molecule has 3 N–H and O–H groups in total. The van der Waals surface area contributed by atoms with Gasteiger partial charge in [-0.1, -0.05) is 431 Å². The summed E-state index contributed by atoms with van der Waals surface area (Å²) in [5.74, 6) is -0.0304. The molecule has 0 aromatic rings. The third-order valence-electron chi connectivity index (χ3n) is 19.1. The average molecular weight is 1210 g/mol. The lowest BCUT2D eigenvalue weighted by molar-refractivity contribution is -0.143. The molecule has 512 valence electrons. The molecule has 0 rings (SSSR count). The first-order valence-corrected chi connectivity index (χ1v) is 40.0. The van der Waals surface area contributed by atoms with Crippen molar-refractivity contribution in [1.29, 1.82) is 0 Å². The molecular weight excluding hydrogens is 1050 g/mol. The summed E-state index contributed by atoms with van der Waals surface area (Å²) in [5.41, 5.74) is 0. The van der Waals surface area contributed by atoms with Crippen molar-refractivity contribution in [3.8, 4) is 0 Å². The van der Waals surface area contributed by atoms with Crippen LogP contribution in [-0.2, 0) is 14.3 Å². The van der Waals surface area contributed by atoms with Crippen molar-refractivity contribution in [3.63, 3.8) is 0 Å². The summed E-state index contributed by atoms with van der Waals surface area (Å²) in [6.45, 7) is 4.95. The maximum atomic E-state index is 12.5. The summed E-state index contributed by atoms with van der Waals surface area (Å²) in [6, 6.07) is -0.622. The van der Waals surface area contributed by atoms with E-state index in [0.29, 0.717) is 19.4 Å². The van der Waals surface area contributed by atoms with Gasteiger partial charge in [-0.3, -0.25) is 9.59 Å². The van der Waals surface area contributed by atoms with Crippen LogP contribution in [0.4, 0.5) is 0 Å². The number of carbonyl (C=O) groups is 2. The van der Waals surface area contributed by atoms with Crippen LogP contribution in [0, 0.1) is 0 Å². The Kier molecular flexibility index (Phi) is 74.8. The Labute approximate surface area is 539 Å². The summed E-state index contributed by atoms with van der Waals surface area (Å²) in [4.78, 5) is 24.6. The van der Waals surface area contributed by atoms with Gasteiger partial charge in [0.2, 0.25) is 5.91 Å². The fraction of sp³-hybridized carbons (Fsp3) is 0.950. The molecule has 0 spiro atoms. The molecule has 0 aliphatic carbocycles. The highest BCUT2D eigenvalue weighted by molar-refractivity contribution is 5.76. The molecule has 0 aliphatic heterocycles. The number of hydrogen-bond donors (Lipinski definition) is 3. The Hall–Kier alpha value is -1.40. The van der Waals surface area contributed by atoms with Crippen molar-refractivity contribution in [3.05, 3.63) is 12.2 Å². The number of unbranched alkanes of at least 4 members (excludes halogenated alkanes) is 65. The van der Waals surface area contributed by atoms with Gasteiger partial charge in [-0.2, -0.15) is 0 Å². The summed E-state index contributed by atoms with van der Waals surface area (Å²) < 4.78 is 5.52. The lowest BCUT2D eigenvalue weighted by Crippen LogP contribution is -2.45. The number of amides is 1. The molecule has 0 radical (unpaired) electrons. The van der Waals surface area contributed by atoms with Crippen LogP contribution in [0.1, 0.15) is 463 Å². The number of allylic oxidation sites excluding steroid dienone is 1. The number of aliphatic hydroxyl groups is 2. The molecule has 6 nitrogen and oxygen atoms in total. The minimum atomic E-state index is -0.839. The van der Waals surface area contributed by atoms with E-state index in [9.17, 15) is 19.8 Å². The molecule has 0 aromatic carbocycles. The van der Waals surface area contributed by atoms with Gasteiger partial charge >= 0.3 is 5.97 Å². The standard InChI is InChI=1S/C80H157NO5/c1-3-5-7-9-11-13-15-17-18-42-46-50-54-58-62-66-70-74-80(85)86-75-71-67-63-59-55-51-47-44-41-39-37-35-33-31-29-27-25-23-21-19-20-22-24-26-28-30-32-34-36-38-40-43-45-49-53-57-61-65-69-73-79(84)81-77(76-82)78(83)72-68-64-60-56-52-48-16-14-12-10-8-6-4-2/h68,72,77-78,82-83H,3-67,69-71,73-76H2,1-2H3,(H,81,84)/b72-68+. The Bertz CT molecular complexity index is 1300. The second-order valence-electron chi connectivity index (χ2n) is 27.8. The lowest BCUT2D eigenvalue weighted by atomic mass is 10.0. The number of hydrogen-bond acceptors (Lipinski definition) is 5. The van der Waals surface area contributed by atoms with Crippen molar-refractivity contribution in [2.75, 3.05) is 13.2 Å². The van der Waals surface area contributed by atoms with Gasteiger partial charge in [0.1, 0.15) is 0 Å². The zero-order valence-electron chi connectivity index (χ0n) is 58.8. The summed E-state index contributed by atoms with van der Waals surface area (Å²) in [6.07, 6.45) is 96.4. The number of esters is 1. The summed E-state index contributed by atoms with van der Waals surface area (Å²) in [5, 5.41) is 23.1. The molecule has 1 amide bonds. The van der Waals surface area contributed by atoms with Gasteiger partial charge in [0.05, 0.1) is 25.4 Å². The quantitative estimate of drug-likeness (QED) is 0.0320. The highest BCUT2D eigenvalue weighted by Gasteiger charge is 2.18. The zero-order chi connectivity index (χ0) is 62.0. The van der Waals surface area contributed by atoms with E-state index in [1.54, 1.807) is 6.08 Å². The van der Waals surface area contributed by atoms with Crippen molar-refractivity contribution in [1.82, 2.24) is 5.32 Å². The molecule has 6 heteroatoms. The van der Waals surface area contributed by atoms with Crippen LogP contribution in [0.3, 0.4) is 0 Å². The van der Waals surface area contributed by atoms with Crippen LogP contribution in [-0.4, -0.2) is 47.4 Å². The van der Waals surface area contributed by atoms with Crippen LogP contribution in [0.25, 0.3) is 0 Å².